The number of benzene rings is 6. The van der Waals surface area contributed by atoms with Gasteiger partial charge in [0.15, 0.2) is 0 Å². The summed E-state index contributed by atoms with van der Waals surface area (Å²) in [5, 5.41) is 17.9. The second-order valence-corrected chi connectivity index (χ2v) is 9.78. The zero-order valence-electron chi connectivity index (χ0n) is 19.8. The van der Waals surface area contributed by atoms with Crippen molar-refractivity contribution in [2.24, 2.45) is 0 Å². The fourth-order valence-corrected chi connectivity index (χ4v) is 5.96. The minimum absolute atomic E-state index is 0. The zero-order chi connectivity index (χ0) is 23.9. The highest BCUT2D eigenvalue weighted by molar-refractivity contribution is 7.18. The Morgan fingerprint density at radius 2 is 1.14 bits per heavy atom. The second kappa shape index (κ2) is 9.66. The highest BCUT2D eigenvalue weighted by atomic mass is 35.5. The van der Waals surface area contributed by atoms with Gasteiger partial charge in [-0.2, -0.15) is 0 Å². The van der Waals surface area contributed by atoms with E-state index in [0.717, 1.165) is 21.5 Å². The van der Waals surface area contributed by atoms with Crippen LogP contribution in [0.3, 0.4) is 0 Å². The first-order valence-electron chi connectivity index (χ1n) is 12.0. The quantitative estimate of drug-likeness (QED) is 0.255. The van der Waals surface area contributed by atoms with Crippen molar-refractivity contribution < 1.29 is 17.1 Å². The Labute approximate surface area is 225 Å². The number of hydrogen-bond donors (Lipinski definition) is 1. The van der Waals surface area contributed by atoms with E-state index in [1.54, 1.807) is 11.3 Å². The Morgan fingerprint density at radius 1 is 0.568 bits per heavy atom. The van der Waals surface area contributed by atoms with Crippen molar-refractivity contribution in [2.45, 2.75) is 0 Å². The van der Waals surface area contributed by atoms with Gasteiger partial charge in [0.25, 0.3) is 5.13 Å². The minimum Gasteiger partial charge on any atom is -1.00 e. The van der Waals surface area contributed by atoms with Gasteiger partial charge in [0.05, 0.1) is 5.56 Å². The number of halogens is 1. The van der Waals surface area contributed by atoms with Crippen molar-refractivity contribution in [2.75, 3.05) is 5.32 Å². The average Bonchev–Trinajstić information content (AvgIpc) is 3.35. The van der Waals surface area contributed by atoms with Crippen molar-refractivity contribution in [1.82, 2.24) is 5.10 Å². The molecule has 0 aliphatic carbocycles. The van der Waals surface area contributed by atoms with E-state index < -0.39 is 0 Å². The van der Waals surface area contributed by atoms with E-state index in [0.29, 0.717) is 0 Å². The summed E-state index contributed by atoms with van der Waals surface area (Å²) in [6.45, 7) is 0. The van der Waals surface area contributed by atoms with Gasteiger partial charge in [-0.05, 0) is 55.1 Å². The van der Waals surface area contributed by atoms with Gasteiger partial charge < -0.3 is 17.7 Å². The van der Waals surface area contributed by atoms with Gasteiger partial charge in [-0.15, -0.1) is 0 Å². The summed E-state index contributed by atoms with van der Waals surface area (Å²) in [5.41, 5.74) is 3.29. The summed E-state index contributed by atoms with van der Waals surface area (Å²) in [7, 11) is 0. The highest BCUT2D eigenvalue weighted by Gasteiger charge is 2.27. The molecule has 0 saturated heterocycles. The molecular weight excluding hydrogens is 494 g/mol. The third-order valence-electron chi connectivity index (χ3n) is 6.59. The Kier molecular flexibility index (Phi) is 6.05. The lowest BCUT2D eigenvalue weighted by Crippen LogP contribution is -3.00. The monoisotopic (exact) mass is 515 g/mol. The van der Waals surface area contributed by atoms with Crippen LogP contribution in [0, 0.1) is 0 Å². The first-order valence-corrected chi connectivity index (χ1v) is 12.8. The lowest BCUT2D eigenvalue weighted by molar-refractivity contribution is -0.642. The van der Waals surface area contributed by atoms with Crippen LogP contribution in [0.1, 0.15) is 0 Å². The third kappa shape index (κ3) is 4.10. The van der Waals surface area contributed by atoms with Crippen LogP contribution in [0.25, 0.3) is 48.6 Å². The fourth-order valence-electron chi connectivity index (χ4n) is 4.94. The van der Waals surface area contributed by atoms with Crippen LogP contribution in [-0.2, 0) is 0 Å². The molecule has 37 heavy (non-hydrogen) atoms. The van der Waals surface area contributed by atoms with Crippen molar-refractivity contribution in [3.63, 3.8) is 0 Å². The topological polar surface area (TPSA) is 28.8 Å². The smallest absolute Gasteiger partial charge is 0.306 e. The number of fused-ring (bicyclic) bond motifs is 3. The molecule has 0 aliphatic rings. The highest BCUT2D eigenvalue weighted by Crippen LogP contribution is 2.39. The number of nitrogens with one attached hydrogen (secondary N) is 1. The molecule has 1 aromatic heterocycles. The summed E-state index contributed by atoms with van der Waals surface area (Å²) in [6, 6.07) is 44.7. The lowest BCUT2D eigenvalue weighted by atomic mass is 9.97. The Hall–Kier alpha value is -4.25. The molecule has 0 atom stereocenters. The van der Waals surface area contributed by atoms with Gasteiger partial charge >= 0.3 is 5.01 Å². The molecule has 7 rings (SSSR count). The standard InChI is InChI=1S/C32H22N3S.ClH/c1-2-15-25(16-3-1)35-31(30-27-18-8-5-12-23(27)21-24-13-6-9-19-28(24)30)36-32(34-35)33-29-20-10-14-22-11-4-7-17-26(22)29;/h1-21H,(H,33,34);1H/q+1;/p-1. The van der Waals surface area contributed by atoms with Crippen molar-refractivity contribution >= 4 is 54.5 Å². The molecule has 0 fully saturated rings. The Bertz CT molecular complexity index is 1820. The summed E-state index contributed by atoms with van der Waals surface area (Å²) in [6.07, 6.45) is 0. The molecule has 0 bridgehead atoms. The largest absolute Gasteiger partial charge is 1.00 e. The van der Waals surface area contributed by atoms with Crippen LogP contribution in [0.15, 0.2) is 127 Å². The molecule has 1 heterocycles. The molecule has 0 amide bonds. The van der Waals surface area contributed by atoms with Crippen LogP contribution in [0.5, 0.6) is 0 Å². The molecule has 0 unspecified atom stereocenters. The summed E-state index contributed by atoms with van der Waals surface area (Å²) in [5.74, 6) is 0. The van der Waals surface area contributed by atoms with Gasteiger partial charge in [-0.25, -0.2) is 0 Å². The van der Waals surface area contributed by atoms with Crippen LogP contribution in [0.4, 0.5) is 10.8 Å². The first-order chi connectivity index (χ1) is 17.8. The van der Waals surface area contributed by atoms with E-state index in [1.807, 2.05) is 6.07 Å². The van der Waals surface area contributed by atoms with Crippen LogP contribution in [-0.4, -0.2) is 5.10 Å². The zero-order valence-corrected chi connectivity index (χ0v) is 21.4. The SMILES string of the molecule is [Cl-].c1ccc(-[n+]2nc(Nc3cccc4ccccc34)sc2-c2c3ccccc3cc3ccccc23)cc1. The molecule has 0 saturated carbocycles. The van der Waals surface area contributed by atoms with Gasteiger partial charge in [0.2, 0.25) is 5.69 Å². The molecule has 0 radical (unpaired) electrons. The van der Waals surface area contributed by atoms with Gasteiger partial charge in [0.1, 0.15) is 0 Å². The van der Waals surface area contributed by atoms with Crippen molar-refractivity contribution in [3.05, 3.63) is 127 Å². The number of rotatable bonds is 4. The van der Waals surface area contributed by atoms with E-state index in [-0.39, 0.29) is 12.4 Å². The predicted octanol–water partition coefficient (Wildman–Crippen LogP) is 5.29. The van der Waals surface area contributed by atoms with Gasteiger partial charge in [-0.3, -0.25) is 0 Å². The molecule has 6 aromatic carbocycles. The van der Waals surface area contributed by atoms with Crippen molar-refractivity contribution in [1.29, 1.82) is 0 Å². The fraction of sp³-hybridized carbons (Fsp3) is 0. The maximum absolute atomic E-state index is 5.10. The first kappa shape index (κ1) is 23.2. The van der Waals surface area contributed by atoms with E-state index in [1.165, 1.54) is 37.9 Å². The predicted molar refractivity (Wildman–Crippen MR) is 151 cm³/mol. The van der Waals surface area contributed by atoms with Crippen LogP contribution in [0.2, 0.25) is 0 Å². The Balaban J connectivity index is 0.00000252. The number of nitrogens with zero attached hydrogens (tertiary/aromatic N) is 2. The molecule has 0 spiro atoms. The number of para-hydroxylation sites is 1. The van der Waals surface area contributed by atoms with Gasteiger partial charge in [0, 0.05) is 28.3 Å². The minimum atomic E-state index is 0. The van der Waals surface area contributed by atoms with E-state index in [2.05, 4.69) is 131 Å². The lowest BCUT2D eigenvalue weighted by Gasteiger charge is -2.08. The molecule has 3 nitrogen and oxygen atoms in total. The van der Waals surface area contributed by atoms with E-state index >= 15 is 0 Å². The van der Waals surface area contributed by atoms with E-state index in [4.69, 9.17) is 5.10 Å². The number of hydrogen-bond acceptors (Lipinski definition) is 3. The molecular formula is C32H22ClN3S. The number of anilines is 2. The average molecular weight is 516 g/mol. The second-order valence-electron chi connectivity index (χ2n) is 8.81. The summed E-state index contributed by atoms with van der Waals surface area (Å²) in [4.78, 5) is 0. The maximum Gasteiger partial charge on any atom is 0.306 e. The normalized spacial score (nSPS) is 11.0. The van der Waals surface area contributed by atoms with Crippen LogP contribution >= 0.6 is 11.3 Å². The Morgan fingerprint density at radius 3 is 1.84 bits per heavy atom. The third-order valence-corrected chi connectivity index (χ3v) is 7.54. The van der Waals surface area contributed by atoms with Crippen molar-refractivity contribution in [3.8, 4) is 16.3 Å². The summed E-state index contributed by atoms with van der Waals surface area (Å²) < 4.78 is 2.08. The number of aromatic nitrogens is 2. The molecule has 178 valence electrons. The maximum atomic E-state index is 5.10. The molecule has 5 heteroatoms. The molecule has 7 aromatic rings. The summed E-state index contributed by atoms with van der Waals surface area (Å²) >= 11 is 1.68. The van der Waals surface area contributed by atoms with Gasteiger partial charge in [-0.1, -0.05) is 103 Å². The molecule has 0 aliphatic heterocycles. The molecule has 1 N–H and O–H groups in total. The van der Waals surface area contributed by atoms with Crippen LogP contribution < -0.4 is 22.4 Å². The van der Waals surface area contributed by atoms with E-state index in [9.17, 15) is 0 Å².